The van der Waals surface area contributed by atoms with Gasteiger partial charge in [0.2, 0.25) is 0 Å². The SMILES string of the molecule is Nc1nn(CC2CC(O)C2)c2nc(C3CC3)cnc12. The molecule has 3 N–H and O–H groups in total. The Labute approximate surface area is 110 Å². The van der Waals surface area contributed by atoms with Crippen LogP contribution in [0.2, 0.25) is 0 Å². The van der Waals surface area contributed by atoms with E-state index in [1.54, 1.807) is 0 Å². The summed E-state index contributed by atoms with van der Waals surface area (Å²) in [6.45, 7) is 0.771. The normalized spacial score (nSPS) is 26.6. The fraction of sp³-hybridized carbons (Fsp3) is 0.615. The van der Waals surface area contributed by atoms with Crippen LogP contribution in [0.25, 0.3) is 11.2 Å². The number of nitrogens with zero attached hydrogens (tertiary/aromatic N) is 4. The van der Waals surface area contributed by atoms with Crippen LogP contribution in [0.3, 0.4) is 0 Å². The number of nitrogen functional groups attached to an aromatic ring is 1. The lowest BCUT2D eigenvalue weighted by Crippen LogP contribution is -2.31. The molecule has 0 atom stereocenters. The first-order valence-electron chi connectivity index (χ1n) is 6.87. The molecule has 0 bridgehead atoms. The lowest BCUT2D eigenvalue weighted by Gasteiger charge is -2.31. The molecule has 2 fully saturated rings. The molecule has 0 amide bonds. The summed E-state index contributed by atoms with van der Waals surface area (Å²) < 4.78 is 1.86. The highest BCUT2D eigenvalue weighted by Gasteiger charge is 2.30. The average molecular weight is 259 g/mol. The highest BCUT2D eigenvalue weighted by Crippen LogP contribution is 2.39. The molecule has 4 rings (SSSR count). The van der Waals surface area contributed by atoms with Crippen molar-refractivity contribution in [3.63, 3.8) is 0 Å². The zero-order chi connectivity index (χ0) is 13.0. The van der Waals surface area contributed by atoms with Crippen LogP contribution in [-0.2, 0) is 6.54 Å². The van der Waals surface area contributed by atoms with Gasteiger partial charge in [0, 0.05) is 18.7 Å². The monoisotopic (exact) mass is 259 g/mol. The Morgan fingerprint density at radius 1 is 1.37 bits per heavy atom. The van der Waals surface area contributed by atoms with Crippen molar-refractivity contribution in [2.24, 2.45) is 5.92 Å². The van der Waals surface area contributed by atoms with Crippen LogP contribution in [-0.4, -0.2) is 31.0 Å². The summed E-state index contributed by atoms with van der Waals surface area (Å²) in [6.07, 6.45) is 5.79. The Morgan fingerprint density at radius 2 is 2.16 bits per heavy atom. The molecule has 0 radical (unpaired) electrons. The number of hydrogen-bond acceptors (Lipinski definition) is 5. The van der Waals surface area contributed by atoms with Gasteiger partial charge in [-0.2, -0.15) is 5.10 Å². The zero-order valence-electron chi connectivity index (χ0n) is 10.7. The molecule has 6 heteroatoms. The van der Waals surface area contributed by atoms with Gasteiger partial charge in [-0.25, -0.2) is 14.6 Å². The van der Waals surface area contributed by atoms with Gasteiger partial charge in [-0.15, -0.1) is 0 Å². The molecule has 2 aromatic rings. The van der Waals surface area contributed by atoms with E-state index in [0.717, 1.165) is 30.7 Å². The minimum Gasteiger partial charge on any atom is -0.393 e. The number of fused-ring (bicyclic) bond motifs is 1. The van der Waals surface area contributed by atoms with Gasteiger partial charge in [0.25, 0.3) is 0 Å². The zero-order valence-corrected chi connectivity index (χ0v) is 10.7. The van der Waals surface area contributed by atoms with Crippen LogP contribution in [0, 0.1) is 5.92 Å². The van der Waals surface area contributed by atoms with Crippen molar-refractivity contribution in [3.8, 4) is 0 Å². The lowest BCUT2D eigenvalue weighted by molar-refractivity contribution is 0.0342. The molecule has 0 saturated heterocycles. The first kappa shape index (κ1) is 11.2. The molecule has 2 aliphatic carbocycles. The van der Waals surface area contributed by atoms with E-state index in [9.17, 15) is 5.11 Å². The molecule has 0 unspecified atom stereocenters. The van der Waals surface area contributed by atoms with Crippen molar-refractivity contribution in [3.05, 3.63) is 11.9 Å². The molecule has 0 spiro atoms. The molecule has 19 heavy (non-hydrogen) atoms. The molecule has 2 saturated carbocycles. The quantitative estimate of drug-likeness (QED) is 0.860. The fourth-order valence-corrected chi connectivity index (χ4v) is 2.78. The third-order valence-corrected chi connectivity index (χ3v) is 4.13. The number of aliphatic hydroxyl groups excluding tert-OH is 1. The Kier molecular flexibility index (Phi) is 2.29. The number of hydrogen-bond donors (Lipinski definition) is 2. The Hall–Kier alpha value is -1.69. The maximum atomic E-state index is 9.36. The van der Waals surface area contributed by atoms with Crippen molar-refractivity contribution in [2.45, 2.75) is 44.2 Å². The number of anilines is 1. The maximum absolute atomic E-state index is 9.36. The van der Waals surface area contributed by atoms with E-state index in [1.807, 2.05) is 10.9 Å². The van der Waals surface area contributed by atoms with Gasteiger partial charge in [-0.3, -0.25) is 0 Å². The summed E-state index contributed by atoms with van der Waals surface area (Å²) in [5.41, 5.74) is 8.45. The second-order valence-electron chi connectivity index (χ2n) is 5.80. The summed E-state index contributed by atoms with van der Waals surface area (Å²) in [7, 11) is 0. The summed E-state index contributed by atoms with van der Waals surface area (Å²) in [4.78, 5) is 9.09. The molecule has 0 aromatic carbocycles. The molecule has 2 aromatic heterocycles. The second kappa shape index (κ2) is 3.90. The minimum absolute atomic E-state index is 0.141. The van der Waals surface area contributed by atoms with Gasteiger partial charge in [0.05, 0.1) is 11.8 Å². The standard InChI is InChI=1S/C13H17N5O/c14-12-11-13(16-10(5-15-11)8-1-2-8)18(17-12)6-7-3-9(19)4-7/h5,7-9,19H,1-4,6H2,(H2,14,17). The van der Waals surface area contributed by atoms with Gasteiger partial charge in [0.1, 0.15) is 0 Å². The first-order chi connectivity index (χ1) is 9.20. The molecule has 2 aliphatic rings. The predicted molar refractivity (Wildman–Crippen MR) is 70.4 cm³/mol. The molecule has 100 valence electrons. The smallest absolute Gasteiger partial charge is 0.179 e. The highest BCUT2D eigenvalue weighted by atomic mass is 16.3. The first-order valence-corrected chi connectivity index (χ1v) is 6.87. The van der Waals surface area contributed by atoms with E-state index in [-0.39, 0.29) is 6.10 Å². The van der Waals surface area contributed by atoms with Crippen molar-refractivity contribution in [1.29, 1.82) is 0 Å². The molecule has 2 heterocycles. The van der Waals surface area contributed by atoms with Crippen LogP contribution in [0.5, 0.6) is 0 Å². The minimum atomic E-state index is -0.141. The molecular weight excluding hydrogens is 242 g/mol. The van der Waals surface area contributed by atoms with Crippen molar-refractivity contribution in [1.82, 2.24) is 19.7 Å². The Bertz CT molecular complexity index is 627. The van der Waals surface area contributed by atoms with Gasteiger partial charge < -0.3 is 10.8 Å². The van der Waals surface area contributed by atoms with Gasteiger partial charge in [-0.05, 0) is 31.6 Å². The third kappa shape index (κ3) is 1.87. The van der Waals surface area contributed by atoms with Crippen LogP contribution in [0.4, 0.5) is 5.82 Å². The van der Waals surface area contributed by atoms with Crippen molar-refractivity contribution >= 4 is 17.0 Å². The average Bonchev–Trinajstić information content (AvgIpc) is 3.15. The van der Waals surface area contributed by atoms with Crippen LogP contribution < -0.4 is 5.73 Å². The van der Waals surface area contributed by atoms with Gasteiger partial charge in [-0.1, -0.05) is 0 Å². The van der Waals surface area contributed by atoms with Gasteiger partial charge >= 0.3 is 0 Å². The van der Waals surface area contributed by atoms with E-state index in [4.69, 9.17) is 5.73 Å². The molecular formula is C13H17N5O. The summed E-state index contributed by atoms with van der Waals surface area (Å²) in [5.74, 6) is 1.50. The van der Waals surface area contributed by atoms with Crippen molar-refractivity contribution in [2.75, 3.05) is 5.73 Å². The van der Waals surface area contributed by atoms with E-state index >= 15 is 0 Å². The second-order valence-corrected chi connectivity index (χ2v) is 5.80. The number of aromatic nitrogens is 4. The van der Waals surface area contributed by atoms with Crippen LogP contribution >= 0.6 is 0 Å². The Morgan fingerprint density at radius 3 is 2.84 bits per heavy atom. The summed E-state index contributed by atoms with van der Waals surface area (Å²) in [6, 6.07) is 0. The summed E-state index contributed by atoms with van der Waals surface area (Å²) >= 11 is 0. The number of rotatable bonds is 3. The summed E-state index contributed by atoms with van der Waals surface area (Å²) in [5, 5.41) is 13.7. The number of nitrogens with two attached hydrogens (primary N) is 1. The van der Waals surface area contributed by atoms with Crippen molar-refractivity contribution < 1.29 is 5.11 Å². The maximum Gasteiger partial charge on any atom is 0.179 e. The van der Waals surface area contributed by atoms with E-state index in [1.165, 1.54) is 12.8 Å². The lowest BCUT2D eigenvalue weighted by atomic mass is 9.82. The van der Waals surface area contributed by atoms with Crippen LogP contribution in [0.1, 0.15) is 37.3 Å². The Balaban J connectivity index is 1.70. The fourth-order valence-electron chi connectivity index (χ4n) is 2.78. The largest absolute Gasteiger partial charge is 0.393 e. The third-order valence-electron chi connectivity index (χ3n) is 4.13. The van der Waals surface area contributed by atoms with Crippen LogP contribution in [0.15, 0.2) is 6.20 Å². The van der Waals surface area contributed by atoms with E-state index in [0.29, 0.717) is 23.2 Å². The molecule has 6 nitrogen and oxygen atoms in total. The predicted octanol–water partition coefficient (Wildman–Crippen LogP) is 1.06. The highest BCUT2D eigenvalue weighted by molar-refractivity contribution is 5.81. The van der Waals surface area contributed by atoms with E-state index in [2.05, 4.69) is 15.1 Å². The van der Waals surface area contributed by atoms with E-state index < -0.39 is 0 Å². The molecule has 0 aliphatic heterocycles. The number of aliphatic hydroxyl groups is 1. The van der Waals surface area contributed by atoms with Gasteiger partial charge in [0.15, 0.2) is 17.0 Å². The topological polar surface area (TPSA) is 89.8 Å².